The number of hydrogen-bond acceptors (Lipinski definition) is 3. The number of hydrogen-bond donors (Lipinski definition) is 2. The van der Waals surface area contributed by atoms with Crippen molar-refractivity contribution in [3.63, 3.8) is 0 Å². The number of aryl methyl sites for hydroxylation is 1. The van der Waals surface area contributed by atoms with E-state index in [2.05, 4.69) is 15.2 Å². The first-order valence-electron chi connectivity index (χ1n) is 9.50. The van der Waals surface area contributed by atoms with Crippen molar-refractivity contribution >= 4 is 16.8 Å². The summed E-state index contributed by atoms with van der Waals surface area (Å²) in [5.41, 5.74) is 2.18. The minimum absolute atomic E-state index is 0.0304. The number of carbonyl (C=O) groups excluding carboxylic acids is 1. The lowest BCUT2D eigenvalue weighted by molar-refractivity contribution is -0.121. The van der Waals surface area contributed by atoms with E-state index in [9.17, 15) is 9.18 Å². The Bertz CT molecular complexity index is 798. The van der Waals surface area contributed by atoms with Gasteiger partial charge < -0.3 is 15.0 Å². The number of para-hydroxylation sites is 1. The summed E-state index contributed by atoms with van der Waals surface area (Å²) < 4.78 is 19.6. The lowest BCUT2D eigenvalue weighted by Crippen LogP contribution is -2.52. The molecule has 0 saturated carbocycles. The molecule has 2 fully saturated rings. The minimum Gasteiger partial charge on any atom is -0.378 e. The van der Waals surface area contributed by atoms with E-state index in [1.807, 2.05) is 13.0 Å². The number of nitrogens with one attached hydrogen (secondary N) is 2. The van der Waals surface area contributed by atoms with Crippen LogP contribution in [0.4, 0.5) is 4.39 Å². The number of likely N-dealkylation sites (tertiary alicyclic amines) is 1. The number of carbonyl (C=O) groups is 1. The Hall–Kier alpha value is -1.92. The molecule has 6 heteroatoms. The fourth-order valence-corrected chi connectivity index (χ4v) is 4.30. The molecule has 140 valence electrons. The smallest absolute Gasteiger partial charge is 0.224 e. The van der Waals surface area contributed by atoms with E-state index in [1.165, 1.54) is 25.3 Å². The number of H-pyrrole nitrogens is 1. The predicted octanol–water partition coefficient (Wildman–Crippen LogP) is 2.53. The molecule has 0 aliphatic carbocycles. The molecule has 0 radical (unpaired) electrons. The Morgan fingerprint density at radius 3 is 2.92 bits per heavy atom. The van der Waals surface area contributed by atoms with E-state index in [1.54, 1.807) is 6.07 Å². The van der Waals surface area contributed by atoms with Gasteiger partial charge in [-0.1, -0.05) is 18.6 Å². The molecule has 26 heavy (non-hydrogen) atoms. The monoisotopic (exact) mass is 359 g/mol. The molecular formula is C20H26FN3O2. The third kappa shape index (κ3) is 3.35. The van der Waals surface area contributed by atoms with E-state index in [-0.39, 0.29) is 30.2 Å². The van der Waals surface area contributed by atoms with Crippen LogP contribution < -0.4 is 5.32 Å². The molecule has 3 heterocycles. The molecule has 0 unspecified atom stereocenters. The first-order valence-corrected chi connectivity index (χ1v) is 9.50. The predicted molar refractivity (Wildman–Crippen MR) is 98.7 cm³/mol. The van der Waals surface area contributed by atoms with Gasteiger partial charge in [0.1, 0.15) is 5.82 Å². The summed E-state index contributed by atoms with van der Waals surface area (Å²) in [6.07, 6.45) is 3.98. The highest BCUT2D eigenvalue weighted by molar-refractivity contribution is 5.90. The maximum atomic E-state index is 13.9. The molecular weight excluding hydrogens is 333 g/mol. The zero-order valence-electron chi connectivity index (χ0n) is 15.2. The second kappa shape index (κ2) is 7.37. The molecule has 1 aromatic heterocycles. The lowest BCUT2D eigenvalue weighted by Gasteiger charge is -2.34. The summed E-state index contributed by atoms with van der Waals surface area (Å²) in [6, 6.07) is 5.27. The maximum Gasteiger partial charge on any atom is 0.224 e. The molecule has 0 spiro atoms. The Balaban J connectivity index is 1.45. The van der Waals surface area contributed by atoms with Crippen LogP contribution in [0, 0.1) is 12.7 Å². The van der Waals surface area contributed by atoms with Crippen LogP contribution in [0.2, 0.25) is 0 Å². The fourth-order valence-electron chi connectivity index (χ4n) is 4.30. The molecule has 2 aliphatic heterocycles. The van der Waals surface area contributed by atoms with Crippen molar-refractivity contribution < 1.29 is 13.9 Å². The van der Waals surface area contributed by atoms with Crippen LogP contribution in [0.3, 0.4) is 0 Å². The molecule has 2 aliphatic rings. The standard InChI is InChI=1S/C20H26FN3O2/c1-13-15(14-6-5-7-16(21)20(14)22-13)10-19(25)23-17-11-26-12-18(17)24-8-3-2-4-9-24/h5-7,17-18,22H,2-4,8-12H2,1H3,(H,23,25)/t17-,18-/m1/s1. The van der Waals surface area contributed by atoms with E-state index in [0.717, 1.165) is 29.7 Å². The molecule has 2 saturated heterocycles. The normalized spacial score (nSPS) is 24.2. The molecule has 1 amide bonds. The Kier molecular flexibility index (Phi) is 4.96. The number of aromatic amines is 1. The summed E-state index contributed by atoms with van der Waals surface area (Å²) in [5.74, 6) is -0.317. The van der Waals surface area contributed by atoms with E-state index >= 15 is 0 Å². The number of aromatic nitrogens is 1. The first kappa shape index (κ1) is 17.5. The number of nitrogens with zero attached hydrogens (tertiary/aromatic N) is 1. The maximum absolute atomic E-state index is 13.9. The fraction of sp³-hybridized carbons (Fsp3) is 0.550. The van der Waals surface area contributed by atoms with Gasteiger partial charge in [0.15, 0.2) is 0 Å². The third-order valence-corrected chi connectivity index (χ3v) is 5.70. The van der Waals surface area contributed by atoms with Crippen molar-refractivity contribution in [2.75, 3.05) is 26.3 Å². The van der Waals surface area contributed by atoms with Crippen molar-refractivity contribution in [3.05, 3.63) is 35.3 Å². The van der Waals surface area contributed by atoms with Crippen molar-refractivity contribution in [3.8, 4) is 0 Å². The Morgan fingerprint density at radius 1 is 1.31 bits per heavy atom. The van der Waals surface area contributed by atoms with Gasteiger partial charge in [-0.2, -0.15) is 0 Å². The average Bonchev–Trinajstić information content (AvgIpc) is 3.22. The van der Waals surface area contributed by atoms with Crippen molar-refractivity contribution in [2.24, 2.45) is 0 Å². The van der Waals surface area contributed by atoms with Gasteiger partial charge in [-0.25, -0.2) is 4.39 Å². The van der Waals surface area contributed by atoms with E-state index in [0.29, 0.717) is 18.7 Å². The van der Waals surface area contributed by atoms with Crippen molar-refractivity contribution in [1.29, 1.82) is 0 Å². The van der Waals surface area contributed by atoms with Crippen molar-refractivity contribution in [2.45, 2.75) is 44.7 Å². The minimum atomic E-state index is -0.286. The Labute approximate surface area is 152 Å². The number of amides is 1. The highest BCUT2D eigenvalue weighted by Crippen LogP contribution is 2.25. The van der Waals surface area contributed by atoms with Crippen molar-refractivity contribution in [1.82, 2.24) is 15.2 Å². The van der Waals surface area contributed by atoms with Gasteiger partial charge in [-0.15, -0.1) is 0 Å². The van der Waals surface area contributed by atoms with Crippen LogP contribution in [0.15, 0.2) is 18.2 Å². The zero-order valence-corrected chi connectivity index (χ0v) is 15.2. The summed E-state index contributed by atoms with van der Waals surface area (Å²) in [7, 11) is 0. The van der Waals surface area contributed by atoms with Gasteiger partial charge in [0.2, 0.25) is 5.91 Å². The lowest BCUT2D eigenvalue weighted by atomic mass is 10.0. The van der Waals surface area contributed by atoms with Crippen LogP contribution >= 0.6 is 0 Å². The van der Waals surface area contributed by atoms with Gasteiger partial charge in [-0.05, 0) is 44.5 Å². The number of ether oxygens (including phenoxy) is 1. The second-order valence-corrected chi connectivity index (χ2v) is 7.44. The number of fused-ring (bicyclic) bond motifs is 1. The summed E-state index contributed by atoms with van der Waals surface area (Å²) in [6.45, 7) is 5.30. The highest BCUT2D eigenvalue weighted by atomic mass is 19.1. The summed E-state index contributed by atoms with van der Waals surface area (Å²) in [5, 5.41) is 3.94. The molecule has 4 rings (SSSR count). The SMILES string of the molecule is Cc1[nH]c2c(F)cccc2c1CC(=O)N[C@@H]1COC[C@H]1N1CCCCC1. The summed E-state index contributed by atoms with van der Waals surface area (Å²) in [4.78, 5) is 18.2. The second-order valence-electron chi connectivity index (χ2n) is 7.44. The summed E-state index contributed by atoms with van der Waals surface area (Å²) >= 11 is 0. The van der Waals surface area contributed by atoms with Gasteiger partial charge in [0.05, 0.1) is 37.2 Å². The van der Waals surface area contributed by atoms with Crippen LogP contribution in [-0.4, -0.2) is 54.2 Å². The largest absolute Gasteiger partial charge is 0.378 e. The molecule has 2 aromatic rings. The molecule has 1 aromatic carbocycles. The van der Waals surface area contributed by atoms with Gasteiger partial charge in [0, 0.05) is 11.1 Å². The molecule has 5 nitrogen and oxygen atoms in total. The molecule has 2 atom stereocenters. The van der Waals surface area contributed by atoms with Crippen LogP contribution in [0.5, 0.6) is 0 Å². The number of halogens is 1. The van der Waals surface area contributed by atoms with Gasteiger partial charge in [-0.3, -0.25) is 9.69 Å². The number of rotatable bonds is 4. The van der Waals surface area contributed by atoms with Crippen LogP contribution in [0.1, 0.15) is 30.5 Å². The first-order chi connectivity index (χ1) is 12.6. The topological polar surface area (TPSA) is 57.4 Å². The van der Waals surface area contributed by atoms with E-state index in [4.69, 9.17) is 4.74 Å². The van der Waals surface area contributed by atoms with E-state index < -0.39 is 0 Å². The Morgan fingerprint density at radius 2 is 2.12 bits per heavy atom. The molecule has 2 N–H and O–H groups in total. The number of benzene rings is 1. The molecule has 0 bridgehead atoms. The van der Waals surface area contributed by atoms with Crippen LogP contribution in [0.25, 0.3) is 10.9 Å². The van der Waals surface area contributed by atoms with Crippen LogP contribution in [-0.2, 0) is 16.0 Å². The highest BCUT2D eigenvalue weighted by Gasteiger charge is 2.34. The quantitative estimate of drug-likeness (QED) is 0.882. The number of piperidine rings is 1. The van der Waals surface area contributed by atoms with Gasteiger partial charge in [0.25, 0.3) is 0 Å². The average molecular weight is 359 g/mol. The third-order valence-electron chi connectivity index (χ3n) is 5.70. The van der Waals surface area contributed by atoms with Gasteiger partial charge >= 0.3 is 0 Å². The zero-order chi connectivity index (χ0) is 18.1.